The Bertz CT molecular complexity index is 588. The Labute approximate surface area is 129 Å². The second kappa shape index (κ2) is 7.17. The molecule has 1 unspecified atom stereocenters. The molecule has 6 heteroatoms. The molecule has 1 atom stereocenters. The lowest BCUT2D eigenvalue weighted by molar-refractivity contribution is -0.121. The van der Waals surface area contributed by atoms with Gasteiger partial charge in [-0.25, -0.2) is 9.67 Å². The van der Waals surface area contributed by atoms with Crippen molar-refractivity contribution < 1.29 is 4.79 Å². The third-order valence-corrected chi connectivity index (χ3v) is 4.05. The Morgan fingerprint density at radius 3 is 2.91 bits per heavy atom. The minimum Gasteiger partial charge on any atom is -0.352 e. The van der Waals surface area contributed by atoms with E-state index in [1.54, 1.807) is 11.0 Å². The molecule has 0 bridgehead atoms. The van der Waals surface area contributed by atoms with Crippen molar-refractivity contribution in [1.82, 2.24) is 25.4 Å². The quantitative estimate of drug-likeness (QED) is 0.842. The highest BCUT2D eigenvalue weighted by Gasteiger charge is 2.15. The van der Waals surface area contributed by atoms with Gasteiger partial charge in [-0.2, -0.15) is 5.10 Å². The number of hydrogen-bond acceptors (Lipinski definition) is 4. The van der Waals surface area contributed by atoms with Gasteiger partial charge in [-0.3, -0.25) is 4.79 Å². The lowest BCUT2D eigenvalue weighted by Crippen LogP contribution is -2.23. The SMILES string of the molecule is O=C(CCC1CCNC1)NCc1ccc(-n2cncn2)cc1. The maximum absolute atomic E-state index is 11.9. The highest BCUT2D eigenvalue weighted by atomic mass is 16.1. The van der Waals surface area contributed by atoms with Crippen molar-refractivity contribution in [3.63, 3.8) is 0 Å². The molecule has 2 aromatic rings. The van der Waals surface area contributed by atoms with E-state index in [2.05, 4.69) is 20.7 Å². The number of rotatable bonds is 6. The van der Waals surface area contributed by atoms with Gasteiger partial charge in [-0.1, -0.05) is 12.1 Å². The summed E-state index contributed by atoms with van der Waals surface area (Å²) in [5, 5.41) is 10.4. The fourth-order valence-corrected chi connectivity index (χ4v) is 2.69. The summed E-state index contributed by atoms with van der Waals surface area (Å²) in [6, 6.07) is 7.94. The minimum absolute atomic E-state index is 0.132. The Morgan fingerprint density at radius 1 is 1.36 bits per heavy atom. The van der Waals surface area contributed by atoms with E-state index < -0.39 is 0 Å². The topological polar surface area (TPSA) is 71.8 Å². The predicted octanol–water partition coefficient (Wildman–Crippen LogP) is 1.27. The summed E-state index contributed by atoms with van der Waals surface area (Å²) in [7, 11) is 0. The Kier molecular flexibility index (Phi) is 4.80. The highest BCUT2D eigenvalue weighted by molar-refractivity contribution is 5.75. The maximum Gasteiger partial charge on any atom is 0.220 e. The van der Waals surface area contributed by atoms with Crippen LogP contribution >= 0.6 is 0 Å². The van der Waals surface area contributed by atoms with E-state index in [0.717, 1.165) is 30.8 Å². The first-order valence-electron chi connectivity index (χ1n) is 7.72. The molecule has 0 aliphatic carbocycles. The van der Waals surface area contributed by atoms with Gasteiger partial charge in [0, 0.05) is 13.0 Å². The largest absolute Gasteiger partial charge is 0.352 e. The van der Waals surface area contributed by atoms with E-state index >= 15 is 0 Å². The van der Waals surface area contributed by atoms with Gasteiger partial charge in [0.25, 0.3) is 0 Å². The number of nitrogens with zero attached hydrogens (tertiary/aromatic N) is 3. The molecule has 22 heavy (non-hydrogen) atoms. The summed E-state index contributed by atoms with van der Waals surface area (Å²) in [5.74, 6) is 0.792. The summed E-state index contributed by atoms with van der Waals surface area (Å²) in [6.07, 6.45) is 5.95. The third-order valence-electron chi connectivity index (χ3n) is 4.05. The highest BCUT2D eigenvalue weighted by Crippen LogP contribution is 2.14. The number of nitrogens with one attached hydrogen (secondary N) is 2. The fourth-order valence-electron chi connectivity index (χ4n) is 2.69. The number of aromatic nitrogens is 3. The van der Waals surface area contributed by atoms with E-state index in [-0.39, 0.29) is 5.91 Å². The van der Waals surface area contributed by atoms with E-state index in [1.165, 1.54) is 12.7 Å². The van der Waals surface area contributed by atoms with Gasteiger partial charge in [0.05, 0.1) is 5.69 Å². The summed E-state index contributed by atoms with van der Waals surface area (Å²) >= 11 is 0. The molecular formula is C16H21N5O. The average molecular weight is 299 g/mol. The summed E-state index contributed by atoms with van der Waals surface area (Å²) < 4.78 is 1.71. The van der Waals surface area contributed by atoms with Gasteiger partial charge < -0.3 is 10.6 Å². The first-order chi connectivity index (χ1) is 10.8. The molecule has 1 aromatic carbocycles. The zero-order chi connectivity index (χ0) is 15.2. The van der Waals surface area contributed by atoms with Crippen LogP contribution < -0.4 is 10.6 Å². The van der Waals surface area contributed by atoms with Gasteiger partial charge in [0.2, 0.25) is 5.91 Å². The summed E-state index contributed by atoms with van der Waals surface area (Å²) in [4.78, 5) is 15.8. The van der Waals surface area contributed by atoms with E-state index in [4.69, 9.17) is 0 Å². The van der Waals surface area contributed by atoms with Crippen LogP contribution in [-0.2, 0) is 11.3 Å². The average Bonchev–Trinajstić information content (AvgIpc) is 3.24. The molecule has 0 saturated carbocycles. The maximum atomic E-state index is 11.9. The van der Waals surface area contributed by atoms with Crippen LogP contribution in [0.25, 0.3) is 5.69 Å². The van der Waals surface area contributed by atoms with Gasteiger partial charge in [-0.15, -0.1) is 0 Å². The molecule has 6 nitrogen and oxygen atoms in total. The number of amides is 1. The molecule has 2 heterocycles. The minimum atomic E-state index is 0.132. The van der Waals surface area contributed by atoms with E-state index in [0.29, 0.717) is 18.9 Å². The first kappa shape index (κ1) is 14.7. The van der Waals surface area contributed by atoms with Gasteiger partial charge in [0.15, 0.2) is 0 Å². The molecule has 1 saturated heterocycles. The van der Waals surface area contributed by atoms with Gasteiger partial charge in [0.1, 0.15) is 12.7 Å². The second-order valence-electron chi connectivity index (χ2n) is 5.68. The van der Waals surface area contributed by atoms with E-state index in [1.807, 2.05) is 24.3 Å². The molecule has 1 aliphatic heterocycles. The molecule has 1 amide bonds. The van der Waals surface area contributed by atoms with Crippen LogP contribution in [0, 0.1) is 5.92 Å². The number of hydrogen-bond donors (Lipinski definition) is 2. The molecular weight excluding hydrogens is 278 g/mol. The van der Waals surface area contributed by atoms with Crippen LogP contribution in [0.1, 0.15) is 24.8 Å². The number of carbonyl (C=O) groups is 1. The van der Waals surface area contributed by atoms with Crippen LogP contribution in [0.2, 0.25) is 0 Å². The summed E-state index contributed by atoms with van der Waals surface area (Å²) in [6.45, 7) is 2.71. The van der Waals surface area contributed by atoms with Crippen molar-refractivity contribution in [2.45, 2.75) is 25.8 Å². The molecule has 116 valence electrons. The lowest BCUT2D eigenvalue weighted by Gasteiger charge is -2.09. The van der Waals surface area contributed by atoms with Crippen LogP contribution in [0.3, 0.4) is 0 Å². The Morgan fingerprint density at radius 2 is 2.23 bits per heavy atom. The molecule has 1 aliphatic rings. The van der Waals surface area contributed by atoms with E-state index in [9.17, 15) is 4.79 Å². The van der Waals surface area contributed by atoms with Crippen LogP contribution in [-0.4, -0.2) is 33.8 Å². The lowest BCUT2D eigenvalue weighted by atomic mass is 10.0. The smallest absolute Gasteiger partial charge is 0.220 e. The number of carbonyl (C=O) groups excluding carboxylic acids is 1. The van der Waals surface area contributed by atoms with Crippen molar-refractivity contribution in [2.75, 3.05) is 13.1 Å². The molecule has 1 fully saturated rings. The first-order valence-corrected chi connectivity index (χ1v) is 7.72. The van der Waals surface area contributed by atoms with Crippen LogP contribution in [0.5, 0.6) is 0 Å². The number of benzene rings is 1. The monoisotopic (exact) mass is 299 g/mol. The molecule has 0 radical (unpaired) electrons. The van der Waals surface area contributed by atoms with Gasteiger partial charge in [-0.05, 0) is 49.5 Å². The van der Waals surface area contributed by atoms with Crippen molar-refractivity contribution in [2.24, 2.45) is 5.92 Å². The second-order valence-corrected chi connectivity index (χ2v) is 5.68. The van der Waals surface area contributed by atoms with Crippen LogP contribution in [0.15, 0.2) is 36.9 Å². The Hall–Kier alpha value is -2.21. The van der Waals surface area contributed by atoms with Crippen molar-refractivity contribution in [3.8, 4) is 5.69 Å². The fraction of sp³-hybridized carbons (Fsp3) is 0.438. The van der Waals surface area contributed by atoms with Crippen LogP contribution in [0.4, 0.5) is 0 Å². The van der Waals surface area contributed by atoms with Crippen molar-refractivity contribution in [1.29, 1.82) is 0 Å². The molecule has 1 aromatic heterocycles. The molecule has 0 spiro atoms. The third kappa shape index (κ3) is 3.92. The predicted molar refractivity (Wildman–Crippen MR) is 83.4 cm³/mol. The zero-order valence-electron chi connectivity index (χ0n) is 12.5. The van der Waals surface area contributed by atoms with Crippen molar-refractivity contribution in [3.05, 3.63) is 42.5 Å². The Balaban J connectivity index is 1.43. The standard InChI is InChI=1S/C16H21N5O/c22-16(6-3-14-7-8-17-9-14)19-10-13-1-4-15(5-2-13)21-12-18-11-20-21/h1-2,4-5,11-12,14,17H,3,6-10H2,(H,19,22). The molecule has 3 rings (SSSR count). The zero-order valence-corrected chi connectivity index (χ0v) is 12.5. The van der Waals surface area contributed by atoms with Crippen molar-refractivity contribution >= 4 is 5.91 Å². The van der Waals surface area contributed by atoms with Gasteiger partial charge >= 0.3 is 0 Å². The normalized spacial score (nSPS) is 17.5. The molecule has 2 N–H and O–H groups in total. The summed E-state index contributed by atoms with van der Waals surface area (Å²) in [5.41, 5.74) is 2.04.